The Morgan fingerprint density at radius 3 is 2.38 bits per heavy atom. The van der Waals surface area contributed by atoms with Crippen molar-refractivity contribution in [2.75, 3.05) is 13.7 Å². The van der Waals surface area contributed by atoms with Crippen LogP contribution in [0.5, 0.6) is 5.75 Å². The number of nitrogens with zero attached hydrogens (tertiary/aromatic N) is 1. The van der Waals surface area contributed by atoms with Crippen molar-refractivity contribution in [2.24, 2.45) is 0 Å². The molecule has 2 N–H and O–H groups in total. The molecule has 0 amide bonds. The Labute approximate surface area is 124 Å². The minimum atomic E-state index is -0.587. The second-order valence-corrected chi connectivity index (χ2v) is 4.73. The molecule has 4 heteroatoms. The number of hydrogen-bond donors (Lipinski definition) is 2. The normalized spacial score (nSPS) is 11.7. The zero-order chi connectivity index (χ0) is 15.1. The maximum absolute atomic E-state index is 10.1. The first kappa shape index (κ1) is 15.0. The lowest BCUT2D eigenvalue weighted by Crippen LogP contribution is -2.21. The SMILES string of the molecule is COc1ccc(CNCC(O)c2ccc(C#N)cc2)cc1. The van der Waals surface area contributed by atoms with Crippen LogP contribution < -0.4 is 10.1 Å². The van der Waals surface area contributed by atoms with Crippen LogP contribution in [0.2, 0.25) is 0 Å². The van der Waals surface area contributed by atoms with Crippen molar-refractivity contribution in [1.82, 2.24) is 5.32 Å². The van der Waals surface area contributed by atoms with Crippen molar-refractivity contribution in [3.05, 3.63) is 65.2 Å². The number of nitrogens with one attached hydrogen (secondary N) is 1. The molecule has 0 fully saturated rings. The average molecular weight is 282 g/mol. The molecular weight excluding hydrogens is 264 g/mol. The van der Waals surface area contributed by atoms with Gasteiger partial charge in [0.25, 0.3) is 0 Å². The van der Waals surface area contributed by atoms with E-state index in [1.54, 1.807) is 31.4 Å². The summed E-state index contributed by atoms with van der Waals surface area (Å²) in [6, 6.07) is 16.8. The van der Waals surface area contributed by atoms with Crippen molar-refractivity contribution in [3.8, 4) is 11.8 Å². The number of rotatable bonds is 6. The van der Waals surface area contributed by atoms with E-state index in [-0.39, 0.29) is 0 Å². The van der Waals surface area contributed by atoms with Crippen molar-refractivity contribution >= 4 is 0 Å². The Bertz CT molecular complexity index is 600. The van der Waals surface area contributed by atoms with Gasteiger partial charge in [-0.05, 0) is 35.4 Å². The Morgan fingerprint density at radius 1 is 1.14 bits per heavy atom. The molecule has 0 saturated carbocycles. The summed E-state index contributed by atoms with van der Waals surface area (Å²) in [4.78, 5) is 0. The summed E-state index contributed by atoms with van der Waals surface area (Å²) in [5.74, 6) is 0.830. The average Bonchev–Trinajstić information content (AvgIpc) is 2.55. The van der Waals surface area contributed by atoms with E-state index in [9.17, 15) is 5.11 Å². The molecule has 0 aliphatic heterocycles. The lowest BCUT2D eigenvalue weighted by atomic mass is 10.1. The first-order chi connectivity index (χ1) is 10.2. The molecule has 108 valence electrons. The molecule has 0 spiro atoms. The van der Waals surface area contributed by atoms with Gasteiger partial charge in [-0.15, -0.1) is 0 Å². The summed E-state index contributed by atoms with van der Waals surface area (Å²) in [5.41, 5.74) is 2.52. The number of ether oxygens (including phenoxy) is 1. The van der Waals surface area contributed by atoms with Crippen LogP contribution in [-0.4, -0.2) is 18.8 Å². The highest BCUT2D eigenvalue weighted by atomic mass is 16.5. The summed E-state index contributed by atoms with van der Waals surface area (Å²) in [7, 11) is 1.64. The first-order valence-corrected chi connectivity index (χ1v) is 6.74. The molecule has 0 aromatic heterocycles. The highest BCUT2D eigenvalue weighted by Gasteiger charge is 2.06. The molecule has 2 aromatic rings. The fraction of sp³-hybridized carbons (Fsp3) is 0.235. The van der Waals surface area contributed by atoms with E-state index in [2.05, 4.69) is 11.4 Å². The fourth-order valence-electron chi connectivity index (χ4n) is 1.99. The molecule has 0 saturated heterocycles. The number of nitriles is 1. The predicted molar refractivity (Wildman–Crippen MR) is 80.8 cm³/mol. The molecule has 1 unspecified atom stereocenters. The number of aliphatic hydroxyl groups is 1. The molecule has 0 aliphatic carbocycles. The Hall–Kier alpha value is -2.35. The van der Waals surface area contributed by atoms with Crippen LogP contribution in [0.25, 0.3) is 0 Å². The van der Waals surface area contributed by atoms with Gasteiger partial charge in [0.2, 0.25) is 0 Å². The lowest BCUT2D eigenvalue weighted by Gasteiger charge is -2.12. The molecule has 4 nitrogen and oxygen atoms in total. The second-order valence-electron chi connectivity index (χ2n) is 4.73. The highest BCUT2D eigenvalue weighted by molar-refractivity contribution is 5.32. The quantitative estimate of drug-likeness (QED) is 0.854. The van der Waals surface area contributed by atoms with Gasteiger partial charge in [-0.25, -0.2) is 0 Å². The largest absolute Gasteiger partial charge is 0.497 e. The van der Waals surface area contributed by atoms with Crippen LogP contribution >= 0.6 is 0 Å². The zero-order valence-electron chi connectivity index (χ0n) is 11.9. The number of aliphatic hydroxyl groups excluding tert-OH is 1. The summed E-state index contributed by atoms with van der Waals surface area (Å²) in [6.45, 7) is 1.13. The zero-order valence-corrected chi connectivity index (χ0v) is 11.9. The van der Waals surface area contributed by atoms with Crippen molar-refractivity contribution in [2.45, 2.75) is 12.6 Å². The van der Waals surface area contributed by atoms with Crippen LogP contribution in [0.1, 0.15) is 22.8 Å². The smallest absolute Gasteiger partial charge is 0.118 e. The van der Waals surface area contributed by atoms with Gasteiger partial charge in [-0.2, -0.15) is 5.26 Å². The Morgan fingerprint density at radius 2 is 1.81 bits per heavy atom. The van der Waals surface area contributed by atoms with Gasteiger partial charge >= 0.3 is 0 Å². The van der Waals surface area contributed by atoms with Crippen LogP contribution in [0.4, 0.5) is 0 Å². The molecular formula is C17H18N2O2. The van der Waals surface area contributed by atoms with E-state index in [1.165, 1.54) is 0 Å². The first-order valence-electron chi connectivity index (χ1n) is 6.74. The third-order valence-electron chi connectivity index (χ3n) is 3.25. The van der Waals surface area contributed by atoms with E-state index in [4.69, 9.17) is 10.00 Å². The number of benzene rings is 2. The molecule has 0 radical (unpaired) electrons. The maximum Gasteiger partial charge on any atom is 0.118 e. The van der Waals surface area contributed by atoms with Crippen molar-refractivity contribution < 1.29 is 9.84 Å². The third-order valence-corrected chi connectivity index (χ3v) is 3.25. The van der Waals surface area contributed by atoms with Gasteiger partial charge in [-0.1, -0.05) is 24.3 Å². The molecule has 21 heavy (non-hydrogen) atoms. The predicted octanol–water partition coefficient (Wildman–Crippen LogP) is 2.39. The van der Waals surface area contributed by atoms with E-state index < -0.39 is 6.10 Å². The van der Waals surface area contributed by atoms with Gasteiger partial charge in [0.15, 0.2) is 0 Å². The summed E-state index contributed by atoms with van der Waals surface area (Å²) >= 11 is 0. The van der Waals surface area contributed by atoms with Crippen molar-refractivity contribution in [3.63, 3.8) is 0 Å². The third kappa shape index (κ3) is 4.32. The Balaban J connectivity index is 1.82. The minimum Gasteiger partial charge on any atom is -0.497 e. The molecule has 0 heterocycles. The monoisotopic (exact) mass is 282 g/mol. The van der Waals surface area contributed by atoms with Gasteiger partial charge in [0.05, 0.1) is 24.8 Å². The van der Waals surface area contributed by atoms with Gasteiger partial charge in [0, 0.05) is 13.1 Å². The number of methoxy groups -OCH3 is 1. The van der Waals surface area contributed by atoms with E-state index >= 15 is 0 Å². The lowest BCUT2D eigenvalue weighted by molar-refractivity contribution is 0.174. The van der Waals surface area contributed by atoms with E-state index in [0.29, 0.717) is 18.7 Å². The summed E-state index contributed by atoms with van der Waals surface area (Å²) in [6.07, 6.45) is -0.587. The second kappa shape index (κ2) is 7.44. The Kier molecular flexibility index (Phi) is 5.33. The highest BCUT2D eigenvalue weighted by Crippen LogP contribution is 2.14. The molecule has 0 aliphatic rings. The van der Waals surface area contributed by atoms with Crippen LogP contribution in [0, 0.1) is 11.3 Å². The van der Waals surface area contributed by atoms with Crippen LogP contribution in [0.3, 0.4) is 0 Å². The molecule has 1 atom stereocenters. The maximum atomic E-state index is 10.1. The number of hydrogen-bond acceptors (Lipinski definition) is 4. The van der Waals surface area contributed by atoms with Gasteiger partial charge in [-0.3, -0.25) is 0 Å². The van der Waals surface area contributed by atoms with Crippen molar-refractivity contribution in [1.29, 1.82) is 5.26 Å². The topological polar surface area (TPSA) is 65.3 Å². The summed E-state index contributed by atoms with van der Waals surface area (Å²) < 4.78 is 5.11. The van der Waals surface area contributed by atoms with E-state index in [1.807, 2.05) is 24.3 Å². The van der Waals surface area contributed by atoms with Gasteiger partial charge in [0.1, 0.15) is 5.75 Å². The van der Waals surface area contributed by atoms with E-state index in [0.717, 1.165) is 16.9 Å². The van der Waals surface area contributed by atoms with Crippen LogP contribution in [0.15, 0.2) is 48.5 Å². The molecule has 2 aromatic carbocycles. The summed E-state index contributed by atoms with van der Waals surface area (Å²) in [5, 5.41) is 22.0. The molecule has 2 rings (SSSR count). The van der Waals surface area contributed by atoms with Gasteiger partial charge < -0.3 is 15.2 Å². The fourth-order valence-corrected chi connectivity index (χ4v) is 1.99. The standard InChI is InChI=1S/C17H18N2O2/c1-21-16-8-4-14(5-9-16)11-19-12-17(20)15-6-2-13(10-18)3-7-15/h2-9,17,19-20H,11-12H2,1H3. The molecule has 0 bridgehead atoms. The minimum absolute atomic E-state index is 0.456. The van der Waals surface area contributed by atoms with Crippen LogP contribution in [-0.2, 0) is 6.54 Å².